The highest BCUT2D eigenvalue weighted by Gasteiger charge is 2.03. The lowest BCUT2D eigenvalue weighted by Gasteiger charge is -2.11. The van der Waals surface area contributed by atoms with E-state index in [1.807, 2.05) is 18.4 Å². The maximum atomic E-state index is 4.51. The Morgan fingerprint density at radius 2 is 1.61 bits per heavy atom. The van der Waals surface area contributed by atoms with Crippen LogP contribution in [0.4, 0.5) is 0 Å². The van der Waals surface area contributed by atoms with Gasteiger partial charge in [0.2, 0.25) is 0 Å². The molecule has 0 bridgehead atoms. The molecule has 0 aliphatic carbocycles. The Labute approximate surface area is 145 Å². The van der Waals surface area contributed by atoms with E-state index in [0.29, 0.717) is 5.92 Å². The SMILES string of the molecule is C=C/C=C(\C=NC(=C)/C=C\C(CCCC)CCCC)CCCC. The van der Waals surface area contributed by atoms with E-state index in [4.69, 9.17) is 0 Å². The molecule has 1 nitrogen and oxygen atoms in total. The quantitative estimate of drug-likeness (QED) is 0.233. The van der Waals surface area contributed by atoms with Gasteiger partial charge < -0.3 is 0 Å². The fraction of sp³-hybridized carbons (Fsp3) is 0.591. The molecular weight excluding hydrogens is 278 g/mol. The van der Waals surface area contributed by atoms with Crippen molar-refractivity contribution in [3.63, 3.8) is 0 Å². The fourth-order valence-corrected chi connectivity index (χ4v) is 2.45. The fourth-order valence-electron chi connectivity index (χ4n) is 2.45. The van der Waals surface area contributed by atoms with Crippen LogP contribution in [0.15, 0.2) is 53.7 Å². The van der Waals surface area contributed by atoms with Gasteiger partial charge in [0.1, 0.15) is 0 Å². The molecule has 0 fully saturated rings. The maximum absolute atomic E-state index is 4.51. The number of hydrogen-bond acceptors (Lipinski definition) is 1. The van der Waals surface area contributed by atoms with Crippen molar-refractivity contribution >= 4 is 6.21 Å². The van der Waals surface area contributed by atoms with Gasteiger partial charge in [-0.2, -0.15) is 0 Å². The van der Waals surface area contributed by atoms with Crippen LogP contribution in [0.1, 0.15) is 78.6 Å². The third-order valence-corrected chi connectivity index (χ3v) is 3.96. The number of unbranched alkanes of at least 4 members (excludes halogenated alkanes) is 3. The van der Waals surface area contributed by atoms with Gasteiger partial charge in [0.25, 0.3) is 0 Å². The summed E-state index contributed by atoms with van der Waals surface area (Å²) in [6.07, 6.45) is 21.4. The summed E-state index contributed by atoms with van der Waals surface area (Å²) in [6.45, 7) is 14.6. The molecular formula is C22H37N. The van der Waals surface area contributed by atoms with Gasteiger partial charge in [-0.25, -0.2) is 0 Å². The lowest BCUT2D eigenvalue weighted by atomic mass is 9.95. The highest BCUT2D eigenvalue weighted by molar-refractivity contribution is 5.80. The maximum Gasteiger partial charge on any atom is 0.0554 e. The first-order valence-electron chi connectivity index (χ1n) is 9.40. The van der Waals surface area contributed by atoms with Gasteiger partial charge in [0.05, 0.1) is 5.70 Å². The minimum Gasteiger partial charge on any atom is -0.257 e. The largest absolute Gasteiger partial charge is 0.257 e. The first-order valence-corrected chi connectivity index (χ1v) is 9.40. The number of aliphatic imine (C=N–C) groups is 1. The van der Waals surface area contributed by atoms with Crippen molar-refractivity contribution in [2.75, 3.05) is 0 Å². The Morgan fingerprint density at radius 1 is 1.00 bits per heavy atom. The summed E-state index contributed by atoms with van der Waals surface area (Å²) < 4.78 is 0. The van der Waals surface area contributed by atoms with E-state index in [-0.39, 0.29) is 0 Å². The summed E-state index contributed by atoms with van der Waals surface area (Å²) in [6, 6.07) is 0. The van der Waals surface area contributed by atoms with Gasteiger partial charge in [0.15, 0.2) is 0 Å². The molecule has 0 heterocycles. The predicted molar refractivity (Wildman–Crippen MR) is 107 cm³/mol. The van der Waals surface area contributed by atoms with Crippen LogP contribution in [0.3, 0.4) is 0 Å². The minimum atomic E-state index is 0.671. The monoisotopic (exact) mass is 315 g/mol. The van der Waals surface area contributed by atoms with Gasteiger partial charge in [-0.05, 0) is 43.3 Å². The highest BCUT2D eigenvalue weighted by Crippen LogP contribution is 2.18. The topological polar surface area (TPSA) is 12.4 Å². The van der Waals surface area contributed by atoms with Crippen LogP contribution in [0.2, 0.25) is 0 Å². The Morgan fingerprint density at radius 3 is 2.13 bits per heavy atom. The van der Waals surface area contributed by atoms with Gasteiger partial charge in [-0.3, -0.25) is 4.99 Å². The molecule has 0 aromatic heterocycles. The first kappa shape index (κ1) is 21.6. The molecule has 0 rings (SSSR count). The van der Waals surface area contributed by atoms with E-state index in [1.54, 1.807) is 0 Å². The van der Waals surface area contributed by atoms with Crippen LogP contribution in [0.25, 0.3) is 0 Å². The van der Waals surface area contributed by atoms with E-state index in [1.165, 1.54) is 56.9 Å². The van der Waals surface area contributed by atoms with Crippen molar-refractivity contribution in [3.8, 4) is 0 Å². The van der Waals surface area contributed by atoms with Gasteiger partial charge in [-0.1, -0.05) is 84.3 Å². The molecule has 130 valence electrons. The van der Waals surface area contributed by atoms with Crippen molar-refractivity contribution in [1.82, 2.24) is 0 Å². The summed E-state index contributed by atoms with van der Waals surface area (Å²) in [5.41, 5.74) is 2.07. The zero-order valence-corrected chi connectivity index (χ0v) is 15.7. The molecule has 1 heteroatoms. The second-order valence-corrected chi connectivity index (χ2v) is 6.23. The summed E-state index contributed by atoms with van der Waals surface area (Å²) in [7, 11) is 0. The van der Waals surface area contributed by atoms with E-state index in [2.05, 4.69) is 51.1 Å². The van der Waals surface area contributed by atoms with Crippen LogP contribution in [0, 0.1) is 5.92 Å². The second kappa shape index (κ2) is 15.5. The number of hydrogen-bond donors (Lipinski definition) is 0. The Bertz CT molecular complexity index is 390. The molecule has 0 unspecified atom stereocenters. The molecule has 0 aliphatic rings. The molecule has 0 amide bonds. The van der Waals surface area contributed by atoms with Crippen molar-refractivity contribution in [2.45, 2.75) is 78.6 Å². The molecule has 23 heavy (non-hydrogen) atoms. The van der Waals surface area contributed by atoms with E-state index >= 15 is 0 Å². The zero-order chi connectivity index (χ0) is 17.3. The van der Waals surface area contributed by atoms with E-state index < -0.39 is 0 Å². The average Bonchev–Trinajstić information content (AvgIpc) is 2.56. The zero-order valence-electron chi connectivity index (χ0n) is 15.7. The van der Waals surface area contributed by atoms with Crippen LogP contribution in [0.5, 0.6) is 0 Å². The summed E-state index contributed by atoms with van der Waals surface area (Å²) in [5, 5.41) is 0. The van der Waals surface area contributed by atoms with Crippen molar-refractivity contribution < 1.29 is 0 Å². The molecule has 0 atom stereocenters. The lowest BCUT2D eigenvalue weighted by Crippen LogP contribution is -1.96. The predicted octanol–water partition coefficient (Wildman–Crippen LogP) is 7.43. The van der Waals surface area contributed by atoms with Crippen molar-refractivity contribution in [2.24, 2.45) is 10.9 Å². The summed E-state index contributed by atoms with van der Waals surface area (Å²) >= 11 is 0. The normalized spacial score (nSPS) is 12.6. The highest BCUT2D eigenvalue weighted by atomic mass is 14.7. The molecule has 0 N–H and O–H groups in total. The number of nitrogens with zero attached hydrogens (tertiary/aromatic N) is 1. The molecule has 0 spiro atoms. The Hall–Kier alpha value is -1.37. The smallest absolute Gasteiger partial charge is 0.0554 e. The van der Waals surface area contributed by atoms with Crippen LogP contribution >= 0.6 is 0 Å². The molecule has 0 radical (unpaired) electrons. The van der Waals surface area contributed by atoms with Crippen molar-refractivity contribution in [3.05, 3.63) is 48.7 Å². The van der Waals surface area contributed by atoms with Gasteiger partial charge in [0, 0.05) is 6.21 Å². The average molecular weight is 316 g/mol. The molecule has 0 aromatic carbocycles. The van der Waals surface area contributed by atoms with Crippen LogP contribution in [-0.4, -0.2) is 6.21 Å². The number of rotatable bonds is 14. The molecule has 0 saturated heterocycles. The summed E-state index contributed by atoms with van der Waals surface area (Å²) in [5.74, 6) is 0.671. The van der Waals surface area contributed by atoms with Crippen LogP contribution in [-0.2, 0) is 0 Å². The second-order valence-electron chi connectivity index (χ2n) is 6.23. The van der Waals surface area contributed by atoms with Gasteiger partial charge >= 0.3 is 0 Å². The standard InChI is InChI=1S/C22H37N/c1-6-10-14-21(15-11-7-2)18-17-20(5)23-19-22(13-9-4)16-12-8-3/h9,13,17-19,21H,4-8,10-12,14-16H2,1-3H3/b18-17-,22-13-,23-19?. The molecule has 0 saturated carbocycles. The van der Waals surface area contributed by atoms with E-state index in [9.17, 15) is 0 Å². The lowest BCUT2D eigenvalue weighted by molar-refractivity contribution is 0.497. The minimum absolute atomic E-state index is 0.671. The molecule has 0 aromatic rings. The Kier molecular flexibility index (Phi) is 14.6. The Balaban J connectivity index is 4.57. The van der Waals surface area contributed by atoms with Crippen LogP contribution < -0.4 is 0 Å². The van der Waals surface area contributed by atoms with Gasteiger partial charge in [-0.15, -0.1) is 0 Å². The summed E-state index contributed by atoms with van der Waals surface area (Å²) in [4.78, 5) is 4.51. The number of allylic oxidation sites excluding steroid dienone is 5. The third-order valence-electron chi connectivity index (χ3n) is 3.96. The van der Waals surface area contributed by atoms with Crippen molar-refractivity contribution in [1.29, 1.82) is 0 Å². The first-order chi connectivity index (χ1) is 11.2. The molecule has 0 aliphatic heterocycles. The third kappa shape index (κ3) is 12.8. The van der Waals surface area contributed by atoms with E-state index in [0.717, 1.165) is 12.1 Å².